The van der Waals surface area contributed by atoms with E-state index in [-0.39, 0.29) is 17.9 Å². The van der Waals surface area contributed by atoms with Gasteiger partial charge in [-0.05, 0) is 63.1 Å². The molecule has 33 heavy (non-hydrogen) atoms. The lowest BCUT2D eigenvalue weighted by molar-refractivity contribution is -0.116. The van der Waals surface area contributed by atoms with Gasteiger partial charge in [-0.1, -0.05) is 17.7 Å². The van der Waals surface area contributed by atoms with Crippen LogP contribution in [-0.4, -0.2) is 27.2 Å². The first-order valence-electron chi connectivity index (χ1n) is 10.9. The molecule has 4 aromatic rings. The molecule has 0 unspecified atom stereocenters. The van der Waals surface area contributed by atoms with E-state index in [1.165, 1.54) is 4.52 Å². The SMILES string of the molecule is COc1ccc(-c2cc3n(C)c(C)c(CCC(=O)Nc4ccc(C)cc4C)c(=O)n3n2)cc1. The second kappa shape index (κ2) is 8.94. The molecule has 0 saturated carbocycles. The van der Waals surface area contributed by atoms with E-state index in [9.17, 15) is 9.59 Å². The molecule has 0 atom stereocenters. The smallest absolute Gasteiger partial charge is 0.277 e. The summed E-state index contributed by atoms with van der Waals surface area (Å²) in [5.41, 5.74) is 6.47. The molecule has 0 aliphatic heterocycles. The number of carbonyl (C=O) groups excluding carboxylic acids is 1. The number of amides is 1. The predicted molar refractivity (Wildman–Crippen MR) is 130 cm³/mol. The highest BCUT2D eigenvalue weighted by molar-refractivity contribution is 5.91. The Balaban J connectivity index is 1.60. The lowest BCUT2D eigenvalue weighted by atomic mass is 10.1. The Morgan fingerprint density at radius 1 is 1.06 bits per heavy atom. The van der Waals surface area contributed by atoms with Crippen molar-refractivity contribution >= 4 is 17.2 Å². The van der Waals surface area contributed by atoms with Gasteiger partial charge in [-0.15, -0.1) is 0 Å². The van der Waals surface area contributed by atoms with Crippen LogP contribution < -0.4 is 15.6 Å². The van der Waals surface area contributed by atoms with Crippen molar-refractivity contribution in [2.75, 3.05) is 12.4 Å². The fourth-order valence-electron chi connectivity index (χ4n) is 4.01. The van der Waals surface area contributed by atoms with Crippen molar-refractivity contribution in [1.29, 1.82) is 0 Å². The maximum Gasteiger partial charge on any atom is 0.277 e. The molecule has 0 fully saturated rings. The van der Waals surface area contributed by atoms with E-state index >= 15 is 0 Å². The van der Waals surface area contributed by atoms with Gasteiger partial charge in [0.1, 0.15) is 11.4 Å². The number of hydrogen-bond donors (Lipinski definition) is 1. The summed E-state index contributed by atoms with van der Waals surface area (Å²) in [7, 11) is 3.53. The first kappa shape index (κ1) is 22.3. The zero-order valence-corrected chi connectivity index (χ0v) is 19.6. The average Bonchev–Trinajstić information content (AvgIpc) is 3.25. The van der Waals surface area contributed by atoms with Crippen LogP contribution in [0.4, 0.5) is 5.69 Å². The van der Waals surface area contributed by atoms with Gasteiger partial charge in [0.15, 0.2) is 0 Å². The highest BCUT2D eigenvalue weighted by Gasteiger charge is 2.17. The molecular formula is C26H28N4O3. The van der Waals surface area contributed by atoms with Gasteiger partial charge in [0.2, 0.25) is 5.91 Å². The number of nitrogens with one attached hydrogen (secondary N) is 1. The van der Waals surface area contributed by atoms with Crippen LogP contribution in [0.3, 0.4) is 0 Å². The third-order valence-corrected chi connectivity index (χ3v) is 6.07. The maximum atomic E-state index is 13.2. The van der Waals surface area contributed by atoms with E-state index in [1.807, 2.05) is 80.9 Å². The number of benzene rings is 2. The maximum absolute atomic E-state index is 13.2. The molecule has 0 spiro atoms. The van der Waals surface area contributed by atoms with E-state index < -0.39 is 0 Å². The summed E-state index contributed by atoms with van der Waals surface area (Å²) in [6.45, 7) is 5.88. The lowest BCUT2D eigenvalue weighted by Gasteiger charge is -2.13. The number of methoxy groups -OCH3 is 1. The van der Waals surface area contributed by atoms with Crippen LogP contribution in [0.25, 0.3) is 16.9 Å². The molecule has 0 bridgehead atoms. The summed E-state index contributed by atoms with van der Waals surface area (Å²) in [5.74, 6) is 0.637. The van der Waals surface area contributed by atoms with Crippen LogP contribution in [0.1, 0.15) is 28.8 Å². The van der Waals surface area contributed by atoms with E-state index in [4.69, 9.17) is 4.74 Å². The van der Waals surface area contributed by atoms with Crippen molar-refractivity contribution in [3.8, 4) is 17.0 Å². The van der Waals surface area contributed by atoms with Crippen molar-refractivity contribution in [3.63, 3.8) is 0 Å². The zero-order valence-electron chi connectivity index (χ0n) is 19.6. The quantitative estimate of drug-likeness (QED) is 0.483. The Labute approximate surface area is 192 Å². The summed E-state index contributed by atoms with van der Waals surface area (Å²) < 4.78 is 8.58. The minimum Gasteiger partial charge on any atom is -0.497 e. The van der Waals surface area contributed by atoms with Gasteiger partial charge >= 0.3 is 0 Å². The number of carbonyl (C=O) groups is 1. The summed E-state index contributed by atoms with van der Waals surface area (Å²) in [4.78, 5) is 25.8. The first-order valence-corrected chi connectivity index (χ1v) is 10.9. The van der Waals surface area contributed by atoms with Crippen LogP contribution in [-0.2, 0) is 18.3 Å². The van der Waals surface area contributed by atoms with Gasteiger partial charge in [-0.3, -0.25) is 9.59 Å². The highest BCUT2D eigenvalue weighted by atomic mass is 16.5. The molecule has 0 saturated heterocycles. The van der Waals surface area contributed by atoms with Crippen molar-refractivity contribution in [1.82, 2.24) is 14.2 Å². The van der Waals surface area contributed by atoms with Gasteiger partial charge in [0.05, 0.1) is 12.8 Å². The normalized spacial score (nSPS) is 11.1. The fourth-order valence-corrected chi connectivity index (χ4v) is 4.01. The summed E-state index contributed by atoms with van der Waals surface area (Å²) >= 11 is 0. The number of nitrogens with zero attached hydrogens (tertiary/aromatic N) is 3. The fraction of sp³-hybridized carbons (Fsp3) is 0.269. The average molecular weight is 445 g/mol. The third-order valence-electron chi connectivity index (χ3n) is 6.07. The number of aryl methyl sites for hydroxylation is 3. The largest absolute Gasteiger partial charge is 0.497 e. The van der Waals surface area contributed by atoms with Gasteiger partial charge < -0.3 is 14.6 Å². The van der Waals surface area contributed by atoms with Crippen molar-refractivity contribution in [2.24, 2.45) is 7.05 Å². The van der Waals surface area contributed by atoms with Crippen LogP contribution in [0.15, 0.2) is 53.3 Å². The Hall–Kier alpha value is -3.87. The summed E-state index contributed by atoms with van der Waals surface area (Å²) in [5, 5.41) is 7.51. The summed E-state index contributed by atoms with van der Waals surface area (Å²) in [6, 6.07) is 15.4. The van der Waals surface area contributed by atoms with E-state index in [1.54, 1.807) is 7.11 Å². The Bertz CT molecular complexity index is 1400. The lowest BCUT2D eigenvalue weighted by Crippen LogP contribution is -2.26. The zero-order chi connectivity index (χ0) is 23.7. The number of rotatable bonds is 6. The molecule has 2 heterocycles. The van der Waals surface area contributed by atoms with Crippen molar-refractivity contribution < 1.29 is 9.53 Å². The number of hydrogen-bond acceptors (Lipinski definition) is 4. The standard InChI is InChI=1S/C26H28N4O3/c1-16-6-12-22(17(2)14-16)27-24(31)13-11-21-18(3)29(4)25-15-23(28-30(25)26(21)32)19-7-9-20(33-5)10-8-19/h6-10,12,14-15H,11,13H2,1-5H3,(H,27,31). The van der Waals surface area contributed by atoms with Crippen molar-refractivity contribution in [2.45, 2.75) is 33.6 Å². The second-order valence-electron chi connectivity index (χ2n) is 8.32. The Morgan fingerprint density at radius 3 is 2.45 bits per heavy atom. The molecule has 2 aromatic heterocycles. The van der Waals surface area contributed by atoms with E-state index in [2.05, 4.69) is 10.4 Å². The molecular weight excluding hydrogens is 416 g/mol. The number of aromatic nitrogens is 3. The number of fused-ring (bicyclic) bond motifs is 1. The van der Waals surface area contributed by atoms with Crippen LogP contribution in [0.2, 0.25) is 0 Å². The van der Waals surface area contributed by atoms with Crippen LogP contribution >= 0.6 is 0 Å². The van der Waals surface area contributed by atoms with Crippen molar-refractivity contribution in [3.05, 3.63) is 81.3 Å². The topological polar surface area (TPSA) is 77.6 Å². The predicted octanol–water partition coefficient (Wildman–Crippen LogP) is 4.21. The molecule has 1 amide bonds. The van der Waals surface area contributed by atoms with Gasteiger partial charge in [-0.2, -0.15) is 9.61 Å². The molecule has 2 aromatic carbocycles. The first-order chi connectivity index (χ1) is 15.8. The van der Waals surface area contributed by atoms with Gasteiger partial charge in [0, 0.05) is 42.0 Å². The monoisotopic (exact) mass is 444 g/mol. The third kappa shape index (κ3) is 4.39. The van der Waals surface area contributed by atoms with E-state index in [0.717, 1.165) is 33.8 Å². The van der Waals surface area contributed by atoms with Gasteiger partial charge in [-0.25, -0.2) is 0 Å². The highest BCUT2D eigenvalue weighted by Crippen LogP contribution is 2.23. The van der Waals surface area contributed by atoms with Gasteiger partial charge in [0.25, 0.3) is 5.56 Å². The molecule has 7 heteroatoms. The number of anilines is 1. The second-order valence-corrected chi connectivity index (χ2v) is 8.32. The van der Waals surface area contributed by atoms with E-state index in [0.29, 0.717) is 23.3 Å². The summed E-state index contributed by atoms with van der Waals surface area (Å²) in [6.07, 6.45) is 0.546. The molecule has 0 radical (unpaired) electrons. The Morgan fingerprint density at radius 2 is 1.79 bits per heavy atom. The molecule has 0 aliphatic rings. The molecule has 1 N–H and O–H groups in total. The molecule has 170 valence electrons. The van der Waals surface area contributed by atoms with Crippen LogP contribution in [0.5, 0.6) is 5.75 Å². The Kier molecular flexibility index (Phi) is 6.05. The minimum atomic E-state index is -0.195. The van der Waals surface area contributed by atoms with Crippen LogP contribution in [0, 0.1) is 20.8 Å². The molecule has 7 nitrogen and oxygen atoms in total. The molecule has 0 aliphatic carbocycles. The minimum absolute atomic E-state index is 0.122. The number of ether oxygens (including phenoxy) is 1. The molecule has 4 rings (SSSR count).